The smallest absolute Gasteiger partial charge is 0.144 e. The predicted molar refractivity (Wildman–Crippen MR) is 41.6 cm³/mol. The highest BCUT2D eigenvalue weighted by Gasteiger charge is 1.95. The van der Waals surface area contributed by atoms with Crippen molar-refractivity contribution in [1.29, 1.82) is 0 Å². The molecular formula is C5H5NOS2. The SMILES string of the molecule is CSc1ccc(N=O)s1. The second-order valence-corrected chi connectivity index (χ2v) is 3.56. The number of nitrogens with zero attached hydrogens (tertiary/aromatic N) is 1. The Labute approximate surface area is 61.3 Å². The topological polar surface area (TPSA) is 29.4 Å². The zero-order valence-corrected chi connectivity index (χ0v) is 6.46. The number of thiophene rings is 1. The molecule has 0 fully saturated rings. The van der Waals surface area contributed by atoms with Gasteiger partial charge in [0.2, 0.25) is 0 Å². The van der Waals surface area contributed by atoms with Crippen molar-refractivity contribution < 1.29 is 0 Å². The molecule has 9 heavy (non-hydrogen) atoms. The summed E-state index contributed by atoms with van der Waals surface area (Å²) in [5, 5.41) is 3.35. The predicted octanol–water partition coefficient (Wildman–Crippen LogP) is 2.87. The molecule has 1 rings (SSSR count). The van der Waals surface area contributed by atoms with Gasteiger partial charge in [-0.1, -0.05) is 0 Å². The van der Waals surface area contributed by atoms with Crippen LogP contribution in [0.5, 0.6) is 0 Å². The summed E-state index contributed by atoms with van der Waals surface area (Å²) < 4.78 is 1.13. The maximum Gasteiger partial charge on any atom is 0.161 e. The molecule has 0 aliphatic carbocycles. The van der Waals surface area contributed by atoms with Gasteiger partial charge in [-0.25, -0.2) is 0 Å². The van der Waals surface area contributed by atoms with E-state index in [1.807, 2.05) is 12.3 Å². The van der Waals surface area contributed by atoms with Crippen molar-refractivity contribution in [2.45, 2.75) is 4.21 Å². The first-order chi connectivity index (χ1) is 4.36. The Balaban J connectivity index is 2.86. The average molecular weight is 159 g/mol. The minimum Gasteiger partial charge on any atom is -0.144 e. The van der Waals surface area contributed by atoms with Gasteiger partial charge in [0.05, 0.1) is 4.21 Å². The highest BCUT2D eigenvalue weighted by Crippen LogP contribution is 2.30. The van der Waals surface area contributed by atoms with Gasteiger partial charge in [0.15, 0.2) is 5.00 Å². The van der Waals surface area contributed by atoms with Crippen LogP contribution in [0.25, 0.3) is 0 Å². The van der Waals surface area contributed by atoms with Gasteiger partial charge in [-0.05, 0) is 23.6 Å². The Hall–Kier alpha value is -0.350. The Morgan fingerprint density at radius 1 is 1.67 bits per heavy atom. The van der Waals surface area contributed by atoms with Gasteiger partial charge in [0.25, 0.3) is 0 Å². The molecule has 4 heteroatoms. The van der Waals surface area contributed by atoms with Crippen LogP contribution in [0.1, 0.15) is 0 Å². The molecule has 0 radical (unpaired) electrons. The van der Waals surface area contributed by atoms with Crippen LogP contribution >= 0.6 is 23.1 Å². The van der Waals surface area contributed by atoms with Crippen molar-refractivity contribution in [3.63, 3.8) is 0 Å². The largest absolute Gasteiger partial charge is 0.161 e. The van der Waals surface area contributed by atoms with E-state index < -0.39 is 0 Å². The van der Waals surface area contributed by atoms with E-state index in [0.717, 1.165) is 4.21 Å². The summed E-state index contributed by atoms with van der Waals surface area (Å²) in [7, 11) is 0. The van der Waals surface area contributed by atoms with Crippen LogP contribution in [0.3, 0.4) is 0 Å². The first-order valence-corrected chi connectivity index (χ1v) is 4.38. The molecular weight excluding hydrogens is 154 g/mol. The average Bonchev–Trinajstić information content (AvgIpc) is 2.34. The lowest BCUT2D eigenvalue weighted by atomic mass is 10.6. The molecule has 0 atom stereocenters. The van der Waals surface area contributed by atoms with Crippen LogP contribution in [-0.4, -0.2) is 6.26 Å². The van der Waals surface area contributed by atoms with E-state index in [1.165, 1.54) is 11.3 Å². The van der Waals surface area contributed by atoms with Gasteiger partial charge in [-0.2, -0.15) is 0 Å². The van der Waals surface area contributed by atoms with Crippen molar-refractivity contribution >= 4 is 28.1 Å². The van der Waals surface area contributed by atoms with E-state index in [2.05, 4.69) is 5.18 Å². The summed E-state index contributed by atoms with van der Waals surface area (Å²) in [6.45, 7) is 0. The first kappa shape index (κ1) is 6.77. The van der Waals surface area contributed by atoms with Crippen LogP contribution in [0.4, 0.5) is 5.00 Å². The Kier molecular flexibility index (Phi) is 2.24. The Bertz CT molecular complexity index is 208. The zero-order valence-electron chi connectivity index (χ0n) is 4.83. The molecule has 1 heterocycles. The van der Waals surface area contributed by atoms with Crippen LogP contribution < -0.4 is 0 Å². The van der Waals surface area contributed by atoms with Crippen molar-refractivity contribution in [3.05, 3.63) is 17.0 Å². The van der Waals surface area contributed by atoms with Crippen LogP contribution in [-0.2, 0) is 0 Å². The fourth-order valence-corrected chi connectivity index (χ4v) is 1.78. The quantitative estimate of drug-likeness (QED) is 0.490. The standard InChI is InChI=1S/C5H5NOS2/c1-8-5-3-2-4(6-7)9-5/h2-3H,1H3. The molecule has 1 aromatic heterocycles. The first-order valence-electron chi connectivity index (χ1n) is 2.34. The Morgan fingerprint density at radius 3 is 2.78 bits per heavy atom. The second kappa shape index (κ2) is 2.98. The fourth-order valence-electron chi connectivity index (χ4n) is 0.469. The fraction of sp³-hybridized carbons (Fsp3) is 0.200. The molecule has 0 saturated carbocycles. The van der Waals surface area contributed by atoms with Gasteiger partial charge >= 0.3 is 0 Å². The minimum atomic E-state index is 0.555. The highest BCUT2D eigenvalue weighted by atomic mass is 32.2. The monoisotopic (exact) mass is 159 g/mol. The minimum absolute atomic E-state index is 0.555. The van der Waals surface area contributed by atoms with Crippen molar-refractivity contribution in [2.75, 3.05) is 6.26 Å². The maximum atomic E-state index is 9.89. The van der Waals surface area contributed by atoms with E-state index in [1.54, 1.807) is 17.8 Å². The molecule has 0 unspecified atom stereocenters. The van der Waals surface area contributed by atoms with E-state index >= 15 is 0 Å². The van der Waals surface area contributed by atoms with Crippen LogP contribution in [0.2, 0.25) is 0 Å². The van der Waals surface area contributed by atoms with E-state index in [0.29, 0.717) is 5.00 Å². The van der Waals surface area contributed by atoms with Crippen molar-refractivity contribution in [2.24, 2.45) is 5.18 Å². The van der Waals surface area contributed by atoms with E-state index in [9.17, 15) is 4.91 Å². The van der Waals surface area contributed by atoms with Gasteiger partial charge in [0, 0.05) is 0 Å². The van der Waals surface area contributed by atoms with Gasteiger partial charge in [-0.15, -0.1) is 28.0 Å². The molecule has 0 aromatic carbocycles. The third-order valence-electron chi connectivity index (χ3n) is 0.858. The number of thioether (sulfide) groups is 1. The summed E-state index contributed by atoms with van der Waals surface area (Å²) in [6.07, 6.45) is 1.97. The molecule has 2 nitrogen and oxygen atoms in total. The molecule has 0 N–H and O–H groups in total. The molecule has 0 aliphatic rings. The summed E-state index contributed by atoms with van der Waals surface area (Å²) >= 11 is 3.04. The van der Waals surface area contributed by atoms with E-state index in [-0.39, 0.29) is 0 Å². The molecule has 0 spiro atoms. The second-order valence-electron chi connectivity index (χ2n) is 1.39. The van der Waals surface area contributed by atoms with Gasteiger partial charge < -0.3 is 0 Å². The number of hydrogen-bond acceptors (Lipinski definition) is 4. The third-order valence-corrected chi connectivity index (χ3v) is 2.90. The van der Waals surface area contributed by atoms with Crippen LogP contribution in [0, 0.1) is 4.91 Å². The molecule has 0 bridgehead atoms. The van der Waals surface area contributed by atoms with Crippen molar-refractivity contribution in [1.82, 2.24) is 0 Å². The zero-order chi connectivity index (χ0) is 6.69. The summed E-state index contributed by atoms with van der Waals surface area (Å²) in [4.78, 5) is 9.89. The molecule has 48 valence electrons. The van der Waals surface area contributed by atoms with Crippen molar-refractivity contribution in [3.8, 4) is 0 Å². The number of hydrogen-bond donors (Lipinski definition) is 0. The number of rotatable bonds is 2. The lowest BCUT2D eigenvalue weighted by Crippen LogP contribution is -1.46. The van der Waals surface area contributed by atoms with Crippen LogP contribution in [0.15, 0.2) is 21.5 Å². The maximum absolute atomic E-state index is 9.89. The number of nitroso groups, excluding NO2 is 1. The normalized spacial score (nSPS) is 9.44. The molecule has 0 saturated heterocycles. The van der Waals surface area contributed by atoms with Gasteiger partial charge in [-0.3, -0.25) is 0 Å². The lowest BCUT2D eigenvalue weighted by Gasteiger charge is -1.79. The molecule has 0 amide bonds. The molecule has 1 aromatic rings. The Morgan fingerprint density at radius 2 is 2.44 bits per heavy atom. The highest BCUT2D eigenvalue weighted by molar-refractivity contribution is 8.00. The summed E-state index contributed by atoms with van der Waals surface area (Å²) in [5.74, 6) is 0. The molecule has 0 aliphatic heterocycles. The lowest BCUT2D eigenvalue weighted by molar-refractivity contribution is 1.60. The van der Waals surface area contributed by atoms with Gasteiger partial charge in [0.1, 0.15) is 0 Å². The summed E-state index contributed by atoms with van der Waals surface area (Å²) in [5.41, 5.74) is 0. The van der Waals surface area contributed by atoms with E-state index in [4.69, 9.17) is 0 Å². The third kappa shape index (κ3) is 1.53. The summed E-state index contributed by atoms with van der Waals surface area (Å²) in [6, 6.07) is 3.62.